The molecule has 0 amide bonds. The standard InChI is InChI=1S/C6H6ClN3O2/c1-3-5(10(11)12)2-4(7)6(8)9-3/h2H,1H3,(H2,8,9). The van der Waals surface area contributed by atoms with Gasteiger partial charge in [0.15, 0.2) is 0 Å². The van der Waals surface area contributed by atoms with Gasteiger partial charge in [-0.15, -0.1) is 0 Å². The summed E-state index contributed by atoms with van der Waals surface area (Å²) in [5, 5.41) is 10.5. The molecule has 0 unspecified atom stereocenters. The molecule has 1 aromatic heterocycles. The Kier molecular flexibility index (Phi) is 2.14. The van der Waals surface area contributed by atoms with Crippen LogP contribution >= 0.6 is 11.6 Å². The van der Waals surface area contributed by atoms with Crippen LogP contribution in [0.2, 0.25) is 5.02 Å². The van der Waals surface area contributed by atoms with Crippen molar-refractivity contribution >= 4 is 23.1 Å². The van der Waals surface area contributed by atoms with Crippen molar-refractivity contribution in [3.05, 3.63) is 26.9 Å². The molecule has 0 fully saturated rings. The molecule has 6 heteroatoms. The first-order valence-electron chi connectivity index (χ1n) is 3.09. The third kappa shape index (κ3) is 1.45. The SMILES string of the molecule is Cc1nc(N)c(Cl)cc1[N+](=O)[O-]. The maximum absolute atomic E-state index is 10.4. The molecule has 0 aromatic carbocycles. The molecule has 12 heavy (non-hydrogen) atoms. The second-order valence-electron chi connectivity index (χ2n) is 2.22. The maximum atomic E-state index is 10.4. The third-order valence-corrected chi connectivity index (χ3v) is 1.67. The van der Waals surface area contributed by atoms with Crippen molar-refractivity contribution < 1.29 is 4.92 Å². The molecule has 0 aliphatic carbocycles. The van der Waals surface area contributed by atoms with Gasteiger partial charge >= 0.3 is 0 Å². The van der Waals surface area contributed by atoms with E-state index in [0.717, 1.165) is 0 Å². The lowest BCUT2D eigenvalue weighted by Gasteiger charge is -1.99. The molecule has 0 atom stereocenters. The Labute approximate surface area is 73.3 Å². The van der Waals surface area contributed by atoms with E-state index < -0.39 is 4.92 Å². The number of hydrogen-bond acceptors (Lipinski definition) is 4. The minimum absolute atomic E-state index is 0.104. The Morgan fingerprint density at radius 1 is 1.75 bits per heavy atom. The van der Waals surface area contributed by atoms with Gasteiger partial charge in [0.2, 0.25) is 0 Å². The zero-order valence-electron chi connectivity index (χ0n) is 6.24. The number of nitro groups is 1. The molecule has 0 aliphatic rings. The summed E-state index contributed by atoms with van der Waals surface area (Å²) in [6, 6.07) is 1.19. The number of rotatable bonds is 1. The van der Waals surface area contributed by atoms with Crippen molar-refractivity contribution in [2.45, 2.75) is 6.92 Å². The summed E-state index contributed by atoms with van der Waals surface area (Å²) in [6.45, 7) is 1.50. The second-order valence-corrected chi connectivity index (χ2v) is 2.62. The molecule has 0 aliphatic heterocycles. The van der Waals surface area contributed by atoms with Crippen LogP contribution in [0.5, 0.6) is 0 Å². The summed E-state index contributed by atoms with van der Waals surface area (Å²) in [5.41, 5.74) is 5.47. The predicted octanol–water partition coefficient (Wildman–Crippen LogP) is 1.53. The largest absolute Gasteiger partial charge is 0.382 e. The van der Waals surface area contributed by atoms with E-state index in [4.69, 9.17) is 17.3 Å². The highest BCUT2D eigenvalue weighted by Gasteiger charge is 2.13. The van der Waals surface area contributed by atoms with E-state index in [0.29, 0.717) is 0 Å². The Balaban J connectivity index is 3.33. The lowest BCUT2D eigenvalue weighted by Crippen LogP contribution is -1.98. The van der Waals surface area contributed by atoms with Gasteiger partial charge in [-0.25, -0.2) is 4.98 Å². The lowest BCUT2D eigenvalue weighted by molar-refractivity contribution is -0.385. The van der Waals surface area contributed by atoms with E-state index in [9.17, 15) is 10.1 Å². The molecule has 0 saturated heterocycles. The van der Waals surface area contributed by atoms with Gasteiger partial charge < -0.3 is 5.73 Å². The van der Waals surface area contributed by atoms with Crippen LogP contribution in [0.3, 0.4) is 0 Å². The fourth-order valence-electron chi connectivity index (χ4n) is 0.775. The van der Waals surface area contributed by atoms with Crippen LogP contribution in [0, 0.1) is 17.0 Å². The van der Waals surface area contributed by atoms with Gasteiger partial charge in [-0.2, -0.15) is 0 Å². The summed E-state index contributed by atoms with van der Waals surface area (Å²) in [7, 11) is 0. The van der Waals surface area contributed by atoms with Gasteiger partial charge in [0.05, 0.1) is 9.95 Å². The highest BCUT2D eigenvalue weighted by atomic mass is 35.5. The van der Waals surface area contributed by atoms with Gasteiger partial charge in [0, 0.05) is 6.07 Å². The number of pyridine rings is 1. The van der Waals surface area contributed by atoms with Crippen LogP contribution in [-0.2, 0) is 0 Å². The van der Waals surface area contributed by atoms with Crippen molar-refractivity contribution in [2.75, 3.05) is 5.73 Å². The highest BCUT2D eigenvalue weighted by Crippen LogP contribution is 2.24. The minimum atomic E-state index is -0.548. The quantitative estimate of drug-likeness (QED) is 0.534. The number of aromatic nitrogens is 1. The predicted molar refractivity (Wildman–Crippen MR) is 45.1 cm³/mol. The third-order valence-electron chi connectivity index (χ3n) is 1.36. The Hall–Kier alpha value is -1.36. The van der Waals surface area contributed by atoms with Gasteiger partial charge in [-0.3, -0.25) is 10.1 Å². The molecular formula is C6H6ClN3O2. The van der Waals surface area contributed by atoms with Crippen molar-refractivity contribution in [1.29, 1.82) is 0 Å². The summed E-state index contributed by atoms with van der Waals surface area (Å²) in [6.07, 6.45) is 0. The molecule has 0 radical (unpaired) electrons. The first-order valence-corrected chi connectivity index (χ1v) is 3.47. The van der Waals surface area contributed by atoms with Crippen molar-refractivity contribution in [2.24, 2.45) is 0 Å². The van der Waals surface area contributed by atoms with Crippen LogP contribution in [0.15, 0.2) is 6.07 Å². The molecule has 0 saturated carbocycles. The molecule has 64 valence electrons. The van der Waals surface area contributed by atoms with Crippen LogP contribution < -0.4 is 5.73 Å². The Morgan fingerprint density at radius 3 is 2.83 bits per heavy atom. The number of hydrogen-bond donors (Lipinski definition) is 1. The average molecular weight is 188 g/mol. The van der Waals surface area contributed by atoms with E-state index in [1.807, 2.05) is 0 Å². The van der Waals surface area contributed by atoms with E-state index in [2.05, 4.69) is 4.98 Å². The van der Waals surface area contributed by atoms with Crippen LogP contribution in [0.1, 0.15) is 5.69 Å². The number of aryl methyl sites for hydroxylation is 1. The second kappa shape index (κ2) is 2.94. The van der Waals surface area contributed by atoms with Crippen LogP contribution in [-0.4, -0.2) is 9.91 Å². The number of nitrogens with two attached hydrogens (primary N) is 1. The molecule has 1 heterocycles. The first kappa shape index (κ1) is 8.73. The Bertz CT molecular complexity index is 340. The lowest BCUT2D eigenvalue weighted by atomic mass is 10.3. The smallest absolute Gasteiger partial charge is 0.292 e. The molecule has 0 bridgehead atoms. The molecule has 1 rings (SSSR count). The van der Waals surface area contributed by atoms with Crippen LogP contribution in [0.25, 0.3) is 0 Å². The summed E-state index contributed by atoms with van der Waals surface area (Å²) >= 11 is 5.54. The van der Waals surface area contributed by atoms with Gasteiger partial charge in [0.25, 0.3) is 5.69 Å². The van der Waals surface area contributed by atoms with E-state index in [-0.39, 0.29) is 22.2 Å². The summed E-state index contributed by atoms with van der Waals surface area (Å²) in [5.74, 6) is 0.111. The highest BCUT2D eigenvalue weighted by molar-refractivity contribution is 6.32. The maximum Gasteiger partial charge on any atom is 0.292 e. The summed E-state index contributed by atoms with van der Waals surface area (Å²) < 4.78 is 0. The molecule has 1 aromatic rings. The summed E-state index contributed by atoms with van der Waals surface area (Å²) in [4.78, 5) is 13.5. The fourth-order valence-corrected chi connectivity index (χ4v) is 0.920. The molecule has 2 N–H and O–H groups in total. The van der Waals surface area contributed by atoms with Crippen LogP contribution in [0.4, 0.5) is 11.5 Å². The molecular weight excluding hydrogens is 182 g/mol. The zero-order chi connectivity index (χ0) is 9.30. The Morgan fingerprint density at radius 2 is 2.33 bits per heavy atom. The van der Waals surface area contributed by atoms with Gasteiger partial charge in [-0.1, -0.05) is 11.6 Å². The first-order chi connectivity index (χ1) is 5.52. The topological polar surface area (TPSA) is 82.0 Å². The number of anilines is 1. The minimum Gasteiger partial charge on any atom is -0.382 e. The normalized spacial score (nSPS) is 9.83. The monoisotopic (exact) mass is 187 g/mol. The average Bonchev–Trinajstić information content (AvgIpc) is 1.96. The van der Waals surface area contributed by atoms with E-state index in [1.54, 1.807) is 0 Å². The number of nitrogens with zero attached hydrogens (tertiary/aromatic N) is 2. The van der Waals surface area contributed by atoms with Crippen molar-refractivity contribution in [3.63, 3.8) is 0 Å². The molecule has 0 spiro atoms. The number of nitrogen functional groups attached to an aromatic ring is 1. The molecule has 5 nitrogen and oxygen atoms in total. The van der Waals surface area contributed by atoms with E-state index >= 15 is 0 Å². The van der Waals surface area contributed by atoms with Gasteiger partial charge in [0.1, 0.15) is 11.5 Å². The van der Waals surface area contributed by atoms with Crippen molar-refractivity contribution in [1.82, 2.24) is 4.98 Å². The number of halogens is 1. The van der Waals surface area contributed by atoms with E-state index in [1.165, 1.54) is 13.0 Å². The van der Waals surface area contributed by atoms with Gasteiger partial charge in [-0.05, 0) is 6.92 Å². The zero-order valence-corrected chi connectivity index (χ0v) is 7.00. The fraction of sp³-hybridized carbons (Fsp3) is 0.167. The van der Waals surface area contributed by atoms with Crippen molar-refractivity contribution in [3.8, 4) is 0 Å².